The molecule has 3 N–H and O–H groups in total. The van der Waals surface area contributed by atoms with E-state index in [-0.39, 0.29) is 5.69 Å². The minimum absolute atomic E-state index is 0.0139. The van der Waals surface area contributed by atoms with Crippen LogP contribution < -0.4 is 5.73 Å². The summed E-state index contributed by atoms with van der Waals surface area (Å²) in [4.78, 5) is 9.66. The molecule has 0 saturated carbocycles. The number of aryl methyl sites for hydroxylation is 1. The highest BCUT2D eigenvalue weighted by atomic mass is 16.6. The van der Waals surface area contributed by atoms with Crippen molar-refractivity contribution in [2.75, 3.05) is 5.73 Å². The zero-order chi connectivity index (χ0) is 9.30. The predicted octanol–water partition coefficient (Wildman–Crippen LogP) is 1.19. The molecule has 0 fully saturated rings. The summed E-state index contributed by atoms with van der Waals surface area (Å²) in [6.07, 6.45) is 0. The van der Waals surface area contributed by atoms with E-state index in [1.54, 1.807) is 6.92 Å². The number of benzene rings is 1. The lowest BCUT2D eigenvalue weighted by Crippen LogP contribution is -1.97. The normalized spacial score (nSPS) is 9.75. The number of nitro benzene ring substituents is 1. The Morgan fingerprint density at radius 2 is 2.17 bits per heavy atom. The predicted molar refractivity (Wildman–Crippen MR) is 43.9 cm³/mol. The summed E-state index contributed by atoms with van der Waals surface area (Å²) >= 11 is 0. The molecule has 5 nitrogen and oxygen atoms in total. The van der Waals surface area contributed by atoms with E-state index in [1.165, 1.54) is 12.1 Å². The van der Waals surface area contributed by atoms with Crippen LogP contribution in [-0.4, -0.2) is 10.0 Å². The number of nitrogens with two attached hydrogens (primary N) is 1. The second-order valence-electron chi connectivity index (χ2n) is 2.42. The lowest BCUT2D eigenvalue weighted by atomic mass is 10.1. The number of hydrogen-bond acceptors (Lipinski definition) is 4. The quantitative estimate of drug-likeness (QED) is 0.374. The molecule has 0 aliphatic rings. The number of hydrogen-bond donors (Lipinski definition) is 2. The van der Waals surface area contributed by atoms with E-state index < -0.39 is 16.4 Å². The molecule has 64 valence electrons. The van der Waals surface area contributed by atoms with Gasteiger partial charge in [0.25, 0.3) is 0 Å². The zero-order valence-corrected chi connectivity index (χ0v) is 6.44. The van der Waals surface area contributed by atoms with Crippen LogP contribution in [0.3, 0.4) is 0 Å². The van der Waals surface area contributed by atoms with Crippen LogP contribution in [0.15, 0.2) is 12.1 Å². The minimum Gasteiger partial charge on any atom is -0.502 e. The summed E-state index contributed by atoms with van der Waals surface area (Å²) in [5.74, 6) is -0.400. The van der Waals surface area contributed by atoms with Gasteiger partial charge < -0.3 is 10.8 Å². The highest BCUT2D eigenvalue weighted by molar-refractivity contribution is 5.68. The molecule has 0 amide bonds. The fraction of sp³-hybridized carbons (Fsp3) is 0.143. The van der Waals surface area contributed by atoms with Crippen molar-refractivity contribution in [1.82, 2.24) is 0 Å². The van der Waals surface area contributed by atoms with Gasteiger partial charge in [-0.2, -0.15) is 0 Å². The van der Waals surface area contributed by atoms with Gasteiger partial charge in [-0.15, -0.1) is 0 Å². The molecule has 1 aromatic rings. The molecule has 1 aromatic carbocycles. The smallest absolute Gasteiger partial charge is 0.333 e. The van der Waals surface area contributed by atoms with E-state index >= 15 is 0 Å². The Labute approximate surface area is 68.6 Å². The first-order chi connectivity index (χ1) is 5.54. The van der Waals surface area contributed by atoms with Gasteiger partial charge >= 0.3 is 5.69 Å². The number of nitrogens with zero attached hydrogens (tertiary/aromatic N) is 1. The van der Waals surface area contributed by atoms with Gasteiger partial charge in [0.05, 0.1) is 4.92 Å². The Hall–Kier alpha value is -1.78. The molecule has 5 heteroatoms. The van der Waals surface area contributed by atoms with Gasteiger partial charge in [-0.05, 0) is 18.6 Å². The summed E-state index contributed by atoms with van der Waals surface area (Å²) in [5, 5.41) is 19.4. The van der Waals surface area contributed by atoms with E-state index in [0.717, 1.165) is 0 Å². The summed E-state index contributed by atoms with van der Waals surface area (Å²) in [6.45, 7) is 1.64. The van der Waals surface area contributed by atoms with Gasteiger partial charge in [0.15, 0.2) is 5.75 Å². The van der Waals surface area contributed by atoms with E-state index in [1.807, 2.05) is 0 Å². The average Bonchev–Trinajstić information content (AvgIpc) is 1.97. The first-order valence-electron chi connectivity index (χ1n) is 3.26. The van der Waals surface area contributed by atoms with Crippen LogP contribution in [0.4, 0.5) is 11.4 Å². The second-order valence-corrected chi connectivity index (χ2v) is 2.42. The van der Waals surface area contributed by atoms with E-state index in [2.05, 4.69) is 0 Å². The SMILES string of the molecule is Cc1ccc(O)c([N+](=O)[O-])c1N. The fourth-order valence-electron chi connectivity index (χ4n) is 0.889. The molecule has 0 unspecified atom stereocenters. The first kappa shape index (κ1) is 8.32. The number of rotatable bonds is 1. The van der Waals surface area contributed by atoms with E-state index in [4.69, 9.17) is 10.8 Å². The van der Waals surface area contributed by atoms with Crippen molar-refractivity contribution in [1.29, 1.82) is 0 Å². The molecular formula is C7H8N2O3. The highest BCUT2D eigenvalue weighted by Crippen LogP contribution is 2.33. The third-order valence-electron chi connectivity index (χ3n) is 1.60. The number of nitrogen functional groups attached to an aromatic ring is 1. The summed E-state index contributed by atoms with van der Waals surface area (Å²) in [6, 6.07) is 2.78. The standard InChI is InChI=1S/C7H8N2O3/c1-4-2-3-5(10)7(6(4)8)9(11)12/h2-3,10H,8H2,1H3. The lowest BCUT2D eigenvalue weighted by molar-refractivity contribution is -0.384. The lowest BCUT2D eigenvalue weighted by Gasteiger charge is -2.01. The molecule has 0 atom stereocenters. The Bertz CT molecular complexity index is 336. The maximum absolute atomic E-state index is 10.4. The van der Waals surface area contributed by atoms with Crippen LogP contribution in [0.2, 0.25) is 0 Å². The Morgan fingerprint density at radius 1 is 1.58 bits per heavy atom. The number of aromatic hydroxyl groups is 1. The van der Waals surface area contributed by atoms with Gasteiger partial charge in [0.2, 0.25) is 0 Å². The van der Waals surface area contributed by atoms with Gasteiger partial charge in [-0.3, -0.25) is 10.1 Å². The molecule has 12 heavy (non-hydrogen) atoms. The van der Waals surface area contributed by atoms with Crippen molar-refractivity contribution in [3.05, 3.63) is 27.8 Å². The molecule has 0 aromatic heterocycles. The topological polar surface area (TPSA) is 89.4 Å². The summed E-state index contributed by atoms with van der Waals surface area (Å²) < 4.78 is 0. The van der Waals surface area contributed by atoms with E-state index in [9.17, 15) is 10.1 Å². The van der Waals surface area contributed by atoms with Crippen LogP contribution >= 0.6 is 0 Å². The van der Waals surface area contributed by atoms with Gasteiger partial charge in [-0.25, -0.2) is 0 Å². The molecule has 0 bridgehead atoms. The van der Waals surface area contributed by atoms with E-state index in [0.29, 0.717) is 5.56 Å². The molecule has 0 radical (unpaired) electrons. The molecule has 0 spiro atoms. The van der Waals surface area contributed by atoms with Gasteiger partial charge in [0, 0.05) is 0 Å². The largest absolute Gasteiger partial charge is 0.502 e. The molecule has 1 rings (SSSR count). The Morgan fingerprint density at radius 3 is 2.58 bits per heavy atom. The van der Waals surface area contributed by atoms with Crippen molar-refractivity contribution < 1.29 is 10.0 Å². The maximum atomic E-state index is 10.4. The minimum atomic E-state index is -0.697. The van der Waals surface area contributed by atoms with Crippen molar-refractivity contribution in [2.24, 2.45) is 0 Å². The Balaban J connectivity index is 3.43. The third-order valence-corrected chi connectivity index (χ3v) is 1.60. The van der Waals surface area contributed by atoms with Crippen LogP contribution in [-0.2, 0) is 0 Å². The fourth-order valence-corrected chi connectivity index (χ4v) is 0.889. The molecule has 0 saturated heterocycles. The third kappa shape index (κ3) is 1.16. The number of anilines is 1. The van der Waals surface area contributed by atoms with Gasteiger partial charge in [0.1, 0.15) is 5.69 Å². The molecular weight excluding hydrogens is 160 g/mol. The van der Waals surface area contributed by atoms with Crippen molar-refractivity contribution in [3.63, 3.8) is 0 Å². The average molecular weight is 168 g/mol. The van der Waals surface area contributed by atoms with Crippen LogP contribution in [0, 0.1) is 17.0 Å². The van der Waals surface area contributed by atoms with Crippen LogP contribution in [0.5, 0.6) is 5.75 Å². The number of phenolic OH excluding ortho intramolecular Hbond substituents is 1. The summed E-state index contributed by atoms with van der Waals surface area (Å²) in [7, 11) is 0. The Kier molecular flexibility index (Phi) is 1.86. The van der Waals surface area contributed by atoms with Crippen molar-refractivity contribution >= 4 is 11.4 Å². The molecule has 0 heterocycles. The van der Waals surface area contributed by atoms with Crippen LogP contribution in [0.1, 0.15) is 5.56 Å². The maximum Gasteiger partial charge on any atom is 0.333 e. The van der Waals surface area contributed by atoms with Crippen molar-refractivity contribution in [2.45, 2.75) is 6.92 Å². The number of phenols is 1. The first-order valence-corrected chi connectivity index (χ1v) is 3.26. The number of nitro groups is 1. The highest BCUT2D eigenvalue weighted by Gasteiger charge is 2.18. The van der Waals surface area contributed by atoms with Crippen LogP contribution in [0.25, 0.3) is 0 Å². The molecule has 0 aliphatic carbocycles. The second kappa shape index (κ2) is 2.69. The molecule has 0 aliphatic heterocycles. The monoisotopic (exact) mass is 168 g/mol. The zero-order valence-electron chi connectivity index (χ0n) is 6.44. The van der Waals surface area contributed by atoms with Crippen molar-refractivity contribution in [3.8, 4) is 5.75 Å². The van der Waals surface area contributed by atoms with Gasteiger partial charge in [-0.1, -0.05) is 6.07 Å². The summed E-state index contributed by atoms with van der Waals surface area (Å²) in [5.41, 5.74) is 5.56.